The van der Waals surface area contributed by atoms with Crippen molar-refractivity contribution in [3.05, 3.63) is 71.1 Å². The van der Waals surface area contributed by atoms with Gasteiger partial charge in [-0.1, -0.05) is 29.8 Å². The van der Waals surface area contributed by atoms with E-state index in [0.29, 0.717) is 16.5 Å². The van der Waals surface area contributed by atoms with Crippen LogP contribution in [0.5, 0.6) is 5.75 Å². The zero-order valence-corrected chi connectivity index (χ0v) is 16.6. The van der Waals surface area contributed by atoms with Crippen LogP contribution in [0, 0.1) is 6.92 Å². The summed E-state index contributed by atoms with van der Waals surface area (Å²) < 4.78 is 5.78. The van der Waals surface area contributed by atoms with E-state index in [0.717, 1.165) is 17.0 Å². The van der Waals surface area contributed by atoms with Crippen LogP contribution in [0.15, 0.2) is 54.9 Å². The number of hydrogen-bond acceptors (Lipinski definition) is 5. The molecule has 0 aliphatic heterocycles. The van der Waals surface area contributed by atoms with Crippen molar-refractivity contribution in [1.82, 2.24) is 9.97 Å². The van der Waals surface area contributed by atoms with Gasteiger partial charge in [-0.3, -0.25) is 4.79 Å². The smallest absolute Gasteiger partial charge is 0.275 e. The number of carbonyl (C=O) groups excluding carboxylic acids is 1. The van der Waals surface area contributed by atoms with Gasteiger partial charge in [0.05, 0.1) is 24.2 Å². The molecular weight excluding hydrogens is 376 g/mol. The summed E-state index contributed by atoms with van der Waals surface area (Å²) in [6, 6.07) is 12.9. The van der Waals surface area contributed by atoms with Gasteiger partial charge in [-0.25, -0.2) is 9.97 Å². The van der Waals surface area contributed by atoms with Crippen LogP contribution in [0.25, 0.3) is 0 Å². The van der Waals surface area contributed by atoms with E-state index in [1.165, 1.54) is 12.4 Å². The van der Waals surface area contributed by atoms with E-state index >= 15 is 0 Å². The highest BCUT2D eigenvalue weighted by Gasteiger charge is 2.11. The molecular formula is C21H21ClN4O2. The maximum atomic E-state index is 12.4. The average Bonchev–Trinajstić information content (AvgIpc) is 2.66. The molecule has 0 aliphatic carbocycles. The molecule has 0 saturated heterocycles. The SMILES string of the molecule is Cc1ccc(Cl)cc1NC(=O)c1cnc(Nc2ccccc2OC(C)C)cn1. The van der Waals surface area contributed by atoms with Crippen LogP contribution >= 0.6 is 11.6 Å². The van der Waals surface area contributed by atoms with E-state index < -0.39 is 0 Å². The molecule has 0 fully saturated rings. The largest absolute Gasteiger partial charge is 0.489 e. The zero-order valence-electron chi connectivity index (χ0n) is 15.9. The highest BCUT2D eigenvalue weighted by atomic mass is 35.5. The quantitative estimate of drug-likeness (QED) is 0.597. The molecule has 2 N–H and O–H groups in total. The minimum atomic E-state index is -0.354. The molecule has 1 aromatic heterocycles. The van der Waals surface area contributed by atoms with Crippen molar-refractivity contribution in [3.63, 3.8) is 0 Å². The molecule has 144 valence electrons. The highest BCUT2D eigenvalue weighted by molar-refractivity contribution is 6.31. The second-order valence-corrected chi connectivity index (χ2v) is 6.92. The molecule has 7 heteroatoms. The van der Waals surface area contributed by atoms with E-state index in [2.05, 4.69) is 20.6 Å². The number of amides is 1. The van der Waals surface area contributed by atoms with E-state index in [1.807, 2.05) is 51.1 Å². The van der Waals surface area contributed by atoms with Gasteiger partial charge in [-0.15, -0.1) is 0 Å². The first-order valence-electron chi connectivity index (χ1n) is 8.84. The van der Waals surface area contributed by atoms with E-state index in [9.17, 15) is 4.79 Å². The third kappa shape index (κ3) is 4.98. The summed E-state index contributed by atoms with van der Waals surface area (Å²) in [5.74, 6) is 0.876. The lowest BCUT2D eigenvalue weighted by molar-refractivity contribution is 0.102. The Labute approximate surface area is 168 Å². The molecule has 3 rings (SSSR count). The Morgan fingerprint density at radius 1 is 1.07 bits per heavy atom. The fourth-order valence-corrected chi connectivity index (χ4v) is 2.66. The Bertz CT molecular complexity index is 974. The van der Waals surface area contributed by atoms with Gasteiger partial charge < -0.3 is 15.4 Å². The van der Waals surface area contributed by atoms with Crippen LogP contribution in [-0.2, 0) is 0 Å². The molecule has 0 unspecified atom stereocenters. The first-order valence-corrected chi connectivity index (χ1v) is 9.22. The number of rotatable bonds is 6. The predicted octanol–water partition coefficient (Wildman–Crippen LogP) is 5.22. The third-order valence-electron chi connectivity index (χ3n) is 3.84. The number of hydrogen-bond donors (Lipinski definition) is 2. The molecule has 0 atom stereocenters. The summed E-state index contributed by atoms with van der Waals surface area (Å²) in [5, 5.41) is 6.51. The molecule has 2 aromatic carbocycles. The fourth-order valence-electron chi connectivity index (χ4n) is 2.49. The van der Waals surface area contributed by atoms with E-state index in [1.54, 1.807) is 12.1 Å². The van der Waals surface area contributed by atoms with Crippen molar-refractivity contribution in [2.75, 3.05) is 10.6 Å². The minimum absolute atomic E-state index is 0.0510. The number of para-hydroxylation sites is 2. The van der Waals surface area contributed by atoms with Gasteiger partial charge in [0, 0.05) is 10.7 Å². The summed E-state index contributed by atoms with van der Waals surface area (Å²) in [4.78, 5) is 20.9. The molecule has 0 saturated carbocycles. The third-order valence-corrected chi connectivity index (χ3v) is 4.08. The van der Waals surface area contributed by atoms with Crippen LogP contribution in [0.1, 0.15) is 29.9 Å². The van der Waals surface area contributed by atoms with Crippen LogP contribution < -0.4 is 15.4 Å². The van der Waals surface area contributed by atoms with Crippen LogP contribution in [0.2, 0.25) is 5.02 Å². The van der Waals surface area contributed by atoms with Gasteiger partial charge >= 0.3 is 0 Å². The van der Waals surface area contributed by atoms with Crippen molar-refractivity contribution >= 4 is 34.7 Å². The Morgan fingerprint density at radius 3 is 2.57 bits per heavy atom. The maximum Gasteiger partial charge on any atom is 0.275 e. The number of aryl methyl sites for hydroxylation is 1. The van der Waals surface area contributed by atoms with Crippen LogP contribution in [0.3, 0.4) is 0 Å². The van der Waals surface area contributed by atoms with Crippen LogP contribution in [0.4, 0.5) is 17.2 Å². The van der Waals surface area contributed by atoms with Crippen molar-refractivity contribution in [3.8, 4) is 5.75 Å². The number of ether oxygens (including phenoxy) is 1. The lowest BCUT2D eigenvalue weighted by atomic mass is 10.2. The summed E-state index contributed by atoms with van der Waals surface area (Å²) in [6.45, 7) is 5.82. The summed E-state index contributed by atoms with van der Waals surface area (Å²) in [6.07, 6.45) is 2.98. The maximum absolute atomic E-state index is 12.4. The van der Waals surface area contributed by atoms with Gasteiger partial charge in [0.1, 0.15) is 17.3 Å². The van der Waals surface area contributed by atoms with E-state index in [-0.39, 0.29) is 17.7 Å². The number of aromatic nitrogens is 2. The predicted molar refractivity (Wildman–Crippen MR) is 112 cm³/mol. The molecule has 28 heavy (non-hydrogen) atoms. The normalized spacial score (nSPS) is 10.6. The molecule has 0 spiro atoms. The van der Waals surface area contributed by atoms with Crippen molar-refractivity contribution < 1.29 is 9.53 Å². The lowest BCUT2D eigenvalue weighted by Gasteiger charge is -2.15. The molecule has 3 aromatic rings. The first kappa shape index (κ1) is 19.6. The molecule has 0 radical (unpaired) electrons. The van der Waals surface area contributed by atoms with Gasteiger partial charge in [-0.2, -0.15) is 0 Å². The number of carbonyl (C=O) groups is 1. The van der Waals surface area contributed by atoms with Gasteiger partial charge in [0.2, 0.25) is 0 Å². The monoisotopic (exact) mass is 396 g/mol. The average molecular weight is 397 g/mol. The van der Waals surface area contributed by atoms with Gasteiger partial charge in [0.15, 0.2) is 0 Å². The summed E-state index contributed by atoms with van der Waals surface area (Å²) in [7, 11) is 0. The van der Waals surface area contributed by atoms with E-state index in [4.69, 9.17) is 16.3 Å². The Hall–Kier alpha value is -3.12. The molecule has 1 amide bonds. The minimum Gasteiger partial charge on any atom is -0.489 e. The molecule has 0 bridgehead atoms. The molecule has 6 nitrogen and oxygen atoms in total. The zero-order chi connectivity index (χ0) is 20.1. The molecule has 0 aliphatic rings. The number of nitrogens with zero attached hydrogens (tertiary/aromatic N) is 2. The number of nitrogens with one attached hydrogen (secondary N) is 2. The lowest BCUT2D eigenvalue weighted by Crippen LogP contribution is -2.15. The standard InChI is InChI=1S/C21H21ClN4O2/c1-13(2)28-19-7-5-4-6-16(19)25-20-12-23-18(11-24-20)21(27)26-17-10-15(22)9-8-14(17)3/h4-13H,1-3H3,(H,24,25)(H,26,27). The molecule has 1 heterocycles. The van der Waals surface area contributed by atoms with Crippen molar-refractivity contribution in [1.29, 1.82) is 0 Å². The van der Waals surface area contributed by atoms with Crippen LogP contribution in [-0.4, -0.2) is 22.0 Å². The van der Waals surface area contributed by atoms with Gasteiger partial charge in [0.25, 0.3) is 5.91 Å². The number of anilines is 3. The fraction of sp³-hybridized carbons (Fsp3) is 0.190. The second-order valence-electron chi connectivity index (χ2n) is 6.49. The van der Waals surface area contributed by atoms with Gasteiger partial charge in [-0.05, 0) is 50.6 Å². The highest BCUT2D eigenvalue weighted by Crippen LogP contribution is 2.27. The summed E-state index contributed by atoms with van der Waals surface area (Å²) in [5.41, 5.74) is 2.53. The number of benzene rings is 2. The Balaban J connectivity index is 1.72. The number of halogens is 1. The van der Waals surface area contributed by atoms with Crippen molar-refractivity contribution in [2.45, 2.75) is 26.9 Å². The Kier molecular flexibility index (Phi) is 6.11. The topological polar surface area (TPSA) is 76.1 Å². The summed E-state index contributed by atoms with van der Waals surface area (Å²) >= 11 is 5.99. The van der Waals surface area contributed by atoms with Crippen molar-refractivity contribution in [2.24, 2.45) is 0 Å². The first-order chi connectivity index (χ1) is 13.4. The second kappa shape index (κ2) is 8.71. The Morgan fingerprint density at radius 2 is 1.86 bits per heavy atom.